The van der Waals surface area contributed by atoms with Gasteiger partial charge in [0.1, 0.15) is 97.7 Å². The molecule has 0 spiro atoms. The Morgan fingerprint density at radius 2 is 0.503 bits per heavy atom. The van der Waals surface area contributed by atoms with Gasteiger partial charge in [-0.15, -0.1) is 0 Å². The van der Waals surface area contributed by atoms with Crippen LogP contribution in [0.5, 0.6) is 97.7 Å². The highest BCUT2D eigenvalue weighted by atomic mass is 32.2. The molecule has 0 aliphatic heterocycles. The van der Waals surface area contributed by atoms with E-state index in [-0.39, 0.29) is 118 Å². The van der Waals surface area contributed by atoms with Crippen LogP contribution in [0.1, 0.15) is 83.4 Å². The lowest BCUT2D eigenvalue weighted by Crippen LogP contribution is -2.22. The molecule has 0 amide bonds. The molecule has 0 heterocycles. The van der Waals surface area contributed by atoms with Gasteiger partial charge in [0.2, 0.25) is 9.84 Å². The fourth-order valence-corrected chi connectivity index (χ4v) is 17.5. The number of hydrogen-bond donors (Lipinski definition) is 17. The molecule has 20 rings (SSSR count). The van der Waals surface area contributed by atoms with Gasteiger partial charge in [-0.25, -0.2) is 8.42 Å². The number of hydrogen-bond acceptors (Lipinski definition) is 21. The second kappa shape index (κ2) is 51.3. The third kappa shape index (κ3) is 29.8. The lowest BCUT2D eigenvalue weighted by atomic mass is 9.74. The molecule has 20 aromatic rings. The van der Waals surface area contributed by atoms with Crippen molar-refractivity contribution in [2.75, 3.05) is 0 Å². The molecule has 0 aliphatic rings. The van der Waals surface area contributed by atoms with Crippen LogP contribution in [0.2, 0.25) is 0 Å². The Labute approximate surface area is 857 Å². The van der Waals surface area contributed by atoms with Gasteiger partial charge in [-0.1, -0.05) is 270 Å². The molecule has 0 aromatic heterocycles. The van der Waals surface area contributed by atoms with Crippen molar-refractivity contribution in [2.24, 2.45) is 0 Å². The van der Waals surface area contributed by atoms with Crippen molar-refractivity contribution in [3.8, 4) is 131 Å². The minimum absolute atomic E-state index is 0.00894. The molecule has 0 bridgehead atoms. The number of phenols is 17. The summed E-state index contributed by atoms with van der Waals surface area (Å²) in [6, 6.07) is 134. The standard InChI is InChI=1S/C20H14O2.C16H18O2.C15H16O2.C13H10O3.C13H12O2.C12H10O4S.C12H10O2S.C12H10O2.C12H10O/c21-17-11-9-13-5-1-3-7-15(13)19(17)20-16-8-4-2-6-14(16)10-12-18(20)22;1-3-16(2,12-4-8-14(17)9-5-12)13-6-10-15(18)11-7-13;1-15(2,11-3-7-13(16)8-4-11)12-5-9-14(17)10-6-12;14-11-5-1-9(2-6-11)13(16)10-3-7-12(15)8-4-10;14-12-7-3-1-5-10(12)9-11-6-2-4-8-13(11)15;13-9-1-5-11(6-2-9)17(15,16)12-7-3-10(14)4-8-12;13-9-1-5-11(6-2-9)15-12-7-3-10(14)4-8-12;13-11-7-3-1-5-9(11)10-6-2-4-8-12(10)14;13-12-9-5-4-8-11(12)10-6-2-1-3-7-10/h1-12,21-22H;4-11,17-18H,3H2,1-2H3;3-10,16-17H,1-2H3;1-8,14-15H;1-8,14-15H,9H2;1-8,13-14H;1-8,13-14H;1-8,13-14H;1-9,13H. The van der Waals surface area contributed by atoms with E-state index in [0.717, 1.165) is 82.3 Å². The summed E-state index contributed by atoms with van der Waals surface area (Å²) in [4.78, 5) is 14.2. The van der Waals surface area contributed by atoms with E-state index < -0.39 is 9.84 Å². The molecule has 0 aliphatic carbocycles. The minimum Gasteiger partial charge on any atom is -0.508 e. The summed E-state index contributed by atoms with van der Waals surface area (Å²) in [7, 11) is -3.59. The molecule has 0 saturated carbocycles. The fourth-order valence-electron chi connectivity index (χ4n) is 15.4. The summed E-state index contributed by atoms with van der Waals surface area (Å²) in [5, 5.41) is 165. The van der Waals surface area contributed by atoms with E-state index in [1.165, 1.54) is 72.8 Å². The van der Waals surface area contributed by atoms with Gasteiger partial charge in [-0.05, 0) is 303 Å². The largest absolute Gasteiger partial charge is 0.508 e. The van der Waals surface area contributed by atoms with Gasteiger partial charge in [0.05, 0.1) is 9.79 Å². The molecule has 20 aromatic carbocycles. The quantitative estimate of drug-likeness (QED) is 0.0400. The van der Waals surface area contributed by atoms with Crippen molar-refractivity contribution < 1.29 is 100 Å². The van der Waals surface area contributed by atoms with E-state index in [1.807, 2.05) is 218 Å². The van der Waals surface area contributed by atoms with E-state index in [1.54, 1.807) is 188 Å². The molecule has 0 radical (unpaired) electrons. The third-order valence-electron chi connectivity index (χ3n) is 23.9. The lowest BCUT2D eigenvalue weighted by molar-refractivity contribution is 0.103. The number of carbonyl (C=O) groups excluding carboxylic acids is 1. The summed E-state index contributed by atoms with van der Waals surface area (Å²) in [5.41, 5.74) is 11.5. The van der Waals surface area contributed by atoms with Gasteiger partial charge in [-0.3, -0.25) is 4.79 Å². The van der Waals surface area contributed by atoms with Crippen LogP contribution in [0.3, 0.4) is 0 Å². The van der Waals surface area contributed by atoms with Gasteiger partial charge in [-0.2, -0.15) is 0 Å². The zero-order chi connectivity index (χ0) is 105. The highest BCUT2D eigenvalue weighted by molar-refractivity contribution is 7.99. The molecule has 147 heavy (non-hydrogen) atoms. The highest BCUT2D eigenvalue weighted by Crippen LogP contribution is 2.46. The van der Waals surface area contributed by atoms with E-state index in [4.69, 9.17) is 30.6 Å². The van der Waals surface area contributed by atoms with Crippen molar-refractivity contribution in [1.82, 2.24) is 0 Å². The van der Waals surface area contributed by atoms with Gasteiger partial charge in [0, 0.05) is 66.0 Å². The van der Waals surface area contributed by atoms with Crippen molar-refractivity contribution in [3.63, 3.8) is 0 Å². The Hall–Kier alpha value is -18.5. The average molecular weight is 2000 g/mol. The van der Waals surface area contributed by atoms with E-state index in [9.17, 15) is 69.4 Å². The maximum absolute atomic E-state index is 12.1. The van der Waals surface area contributed by atoms with Crippen LogP contribution < -0.4 is 0 Å². The second-order valence-electron chi connectivity index (χ2n) is 34.2. The topological polar surface area (TPSA) is 395 Å². The van der Waals surface area contributed by atoms with Crippen molar-refractivity contribution >= 4 is 48.9 Å². The monoisotopic (exact) mass is 1990 g/mol. The highest BCUT2D eigenvalue weighted by Gasteiger charge is 2.28. The summed E-state index contributed by atoms with van der Waals surface area (Å²) in [5.74, 6) is 3.33. The number of carbonyl (C=O) groups is 1. The van der Waals surface area contributed by atoms with Crippen LogP contribution in [0.25, 0.3) is 54.9 Å². The van der Waals surface area contributed by atoms with Gasteiger partial charge >= 0.3 is 0 Å². The van der Waals surface area contributed by atoms with E-state index in [2.05, 4.69) is 27.7 Å². The van der Waals surface area contributed by atoms with Gasteiger partial charge in [0.15, 0.2) is 5.78 Å². The summed E-state index contributed by atoms with van der Waals surface area (Å²) < 4.78 is 24.2. The number of phenolic OH excluding ortho intramolecular Hbond substituents is 17. The molecule has 0 fully saturated rings. The Balaban J connectivity index is 0.000000148. The minimum atomic E-state index is -3.59. The van der Waals surface area contributed by atoms with Gasteiger partial charge < -0.3 is 86.8 Å². The first-order chi connectivity index (χ1) is 70.6. The van der Waals surface area contributed by atoms with Crippen LogP contribution in [0.4, 0.5) is 0 Å². The molecular formula is C125H110O20S2. The van der Waals surface area contributed by atoms with E-state index in [0.29, 0.717) is 45.6 Å². The Bertz CT molecular complexity index is 7370. The number of ketones is 1. The second-order valence-corrected chi connectivity index (χ2v) is 37.3. The molecule has 0 unspecified atom stereocenters. The van der Waals surface area contributed by atoms with E-state index >= 15 is 0 Å². The summed E-state index contributed by atoms with van der Waals surface area (Å²) >= 11 is 1.58. The zero-order valence-corrected chi connectivity index (χ0v) is 82.1. The predicted octanol–water partition coefficient (Wildman–Crippen LogP) is 28.3. The Morgan fingerprint density at radius 3 is 0.816 bits per heavy atom. The molecule has 22 heteroatoms. The molecule has 0 saturated heterocycles. The van der Waals surface area contributed by atoms with Crippen LogP contribution in [-0.4, -0.2) is 101 Å². The van der Waals surface area contributed by atoms with Crippen LogP contribution >= 0.6 is 11.8 Å². The molecule has 20 nitrogen and oxygen atoms in total. The Kier molecular flexibility index (Phi) is 37.4. The van der Waals surface area contributed by atoms with Gasteiger partial charge in [0.25, 0.3) is 0 Å². The maximum Gasteiger partial charge on any atom is 0.206 e. The first kappa shape index (κ1) is 107. The van der Waals surface area contributed by atoms with Crippen molar-refractivity contribution in [1.29, 1.82) is 0 Å². The van der Waals surface area contributed by atoms with Crippen molar-refractivity contribution in [3.05, 3.63) is 512 Å². The molecule has 0 atom stereocenters. The molecule has 17 N–H and O–H groups in total. The summed E-state index contributed by atoms with van der Waals surface area (Å²) in [6.07, 6.45) is 1.49. The first-order valence-electron chi connectivity index (χ1n) is 46.4. The number of aromatic hydroxyl groups is 17. The smallest absolute Gasteiger partial charge is 0.206 e. The third-order valence-corrected chi connectivity index (χ3v) is 26.7. The van der Waals surface area contributed by atoms with Crippen molar-refractivity contribution in [2.45, 2.75) is 70.9 Å². The molecule has 742 valence electrons. The SMILES string of the molecule is CC(C)(c1ccc(O)cc1)c1ccc(O)cc1.CCC(C)(c1ccc(O)cc1)c1ccc(O)cc1.O=C(c1ccc(O)cc1)c1ccc(O)cc1.O=S(=O)(c1ccc(O)cc1)c1ccc(O)cc1.Oc1ccc(Sc2ccc(O)cc2)cc1.Oc1ccc2ccccc2c1-c1c(O)ccc2ccccc12.Oc1ccccc1-c1ccccc1.Oc1ccccc1-c1ccccc1O.Oc1ccccc1Cc1ccccc1O. The van der Waals surface area contributed by atoms with Crippen LogP contribution in [0.15, 0.2) is 487 Å². The van der Waals surface area contributed by atoms with Crippen LogP contribution in [0, 0.1) is 0 Å². The van der Waals surface area contributed by atoms with Crippen LogP contribution in [-0.2, 0) is 27.1 Å². The molecular weight excluding hydrogens is 1890 g/mol. The normalized spacial score (nSPS) is 10.7. The lowest BCUT2D eigenvalue weighted by Gasteiger charge is -2.29. The number of rotatable bonds is 16. The zero-order valence-electron chi connectivity index (χ0n) is 80.5. The number of fused-ring (bicyclic) bond motifs is 2. The number of para-hydroxylation sites is 5. The Morgan fingerprint density at radius 1 is 0.245 bits per heavy atom. The number of benzene rings is 20. The maximum atomic E-state index is 12.1. The summed E-state index contributed by atoms with van der Waals surface area (Å²) in [6.45, 7) is 8.54. The number of sulfone groups is 1. The average Bonchev–Trinajstić information content (AvgIpc) is 0.754. The fraction of sp³-hybridized carbons (Fsp3) is 0.0640. The first-order valence-corrected chi connectivity index (χ1v) is 48.7. The predicted molar refractivity (Wildman–Crippen MR) is 581 cm³/mol.